The van der Waals surface area contributed by atoms with Gasteiger partial charge in [0.15, 0.2) is 0 Å². The van der Waals surface area contributed by atoms with Gasteiger partial charge in [-0.05, 0) is 134 Å². The van der Waals surface area contributed by atoms with E-state index >= 15 is 0 Å². The first-order chi connectivity index (χ1) is 27.4. The van der Waals surface area contributed by atoms with Gasteiger partial charge in [0.2, 0.25) is 10.0 Å². The Morgan fingerprint density at radius 3 is 1.88 bits per heavy atom. The van der Waals surface area contributed by atoms with E-state index in [0.29, 0.717) is 40.2 Å². The molecule has 57 heavy (non-hydrogen) atoms. The van der Waals surface area contributed by atoms with E-state index < -0.39 is 27.9 Å². The largest absolute Gasteiger partial charge is 0.478 e. The molecule has 0 spiro atoms. The highest BCUT2D eigenvalue weighted by Crippen LogP contribution is 2.39. The van der Waals surface area contributed by atoms with Crippen LogP contribution in [0.5, 0.6) is 0 Å². The molecule has 296 valence electrons. The van der Waals surface area contributed by atoms with Gasteiger partial charge in [-0.2, -0.15) is 4.31 Å². The predicted molar refractivity (Wildman–Crippen MR) is 221 cm³/mol. The quantitative estimate of drug-likeness (QED) is 0.0768. The summed E-state index contributed by atoms with van der Waals surface area (Å²) in [6.45, 7) is 3.81. The van der Waals surface area contributed by atoms with Crippen LogP contribution in [-0.2, 0) is 42.3 Å². The third kappa shape index (κ3) is 9.67. The monoisotopic (exact) mass is 807 g/mol. The van der Waals surface area contributed by atoms with E-state index in [1.54, 1.807) is 36.4 Å². The number of hydrogen-bond acceptors (Lipinski definition) is 7. The molecule has 4 N–H and O–H groups in total. The van der Waals surface area contributed by atoms with Crippen molar-refractivity contribution >= 4 is 55.8 Å². The smallest absolute Gasteiger partial charge is 0.335 e. The van der Waals surface area contributed by atoms with Crippen LogP contribution < -0.4 is 10.6 Å². The van der Waals surface area contributed by atoms with E-state index in [-0.39, 0.29) is 34.5 Å². The van der Waals surface area contributed by atoms with Gasteiger partial charge >= 0.3 is 11.9 Å². The fourth-order valence-corrected chi connectivity index (χ4v) is 10.2. The number of rotatable bonds is 16. The van der Waals surface area contributed by atoms with E-state index in [9.17, 15) is 32.7 Å². The number of amides is 2. The third-order valence-corrected chi connectivity index (χ3v) is 13.4. The molecule has 0 atom stereocenters. The molecule has 1 aromatic heterocycles. The number of anilines is 2. The van der Waals surface area contributed by atoms with Crippen LogP contribution in [0.1, 0.15) is 108 Å². The molecule has 0 fully saturated rings. The fraction of sp³-hybridized carbons (Fsp3) is 0.273. The molecule has 1 aliphatic rings. The average molecular weight is 808 g/mol. The summed E-state index contributed by atoms with van der Waals surface area (Å²) in [6, 6.07) is 26.0. The number of nitrogens with one attached hydrogen (secondary N) is 2. The van der Waals surface area contributed by atoms with Gasteiger partial charge in [0, 0.05) is 28.7 Å². The van der Waals surface area contributed by atoms with Gasteiger partial charge in [0.1, 0.15) is 5.00 Å². The second-order valence-corrected chi connectivity index (χ2v) is 17.1. The molecular weight excluding hydrogens is 763 g/mol. The van der Waals surface area contributed by atoms with Gasteiger partial charge in [-0.25, -0.2) is 18.0 Å². The third-order valence-electron chi connectivity index (χ3n) is 10.3. The molecule has 4 aromatic carbocycles. The number of sulfonamides is 1. The molecule has 0 saturated heterocycles. The Balaban J connectivity index is 1.17. The van der Waals surface area contributed by atoms with Gasteiger partial charge in [-0.1, -0.05) is 50.2 Å². The molecule has 0 bridgehead atoms. The van der Waals surface area contributed by atoms with Gasteiger partial charge < -0.3 is 20.8 Å². The number of nitrogens with zero attached hydrogens (tertiary/aromatic N) is 1. The lowest BCUT2D eigenvalue weighted by atomic mass is 9.95. The lowest BCUT2D eigenvalue weighted by Gasteiger charge is -2.30. The summed E-state index contributed by atoms with van der Waals surface area (Å²) in [5.74, 6) is -2.84. The fourth-order valence-electron chi connectivity index (χ4n) is 7.12. The van der Waals surface area contributed by atoms with Gasteiger partial charge in [-0.3, -0.25) is 9.59 Å². The number of aromatic carboxylic acids is 2. The highest BCUT2D eigenvalue weighted by molar-refractivity contribution is 7.89. The van der Waals surface area contributed by atoms with Crippen LogP contribution in [0.15, 0.2) is 102 Å². The first-order valence-electron chi connectivity index (χ1n) is 19.0. The number of aryl methyl sites for hydroxylation is 3. The van der Waals surface area contributed by atoms with Crippen molar-refractivity contribution in [3.8, 4) is 0 Å². The number of carbonyl (C=O) groups is 4. The summed E-state index contributed by atoms with van der Waals surface area (Å²) in [6.07, 6.45) is 6.05. The number of fused-ring (bicyclic) bond motifs is 1. The Bertz CT molecular complexity index is 2370. The summed E-state index contributed by atoms with van der Waals surface area (Å²) >= 11 is 1.41. The molecule has 0 aliphatic heterocycles. The summed E-state index contributed by atoms with van der Waals surface area (Å²) in [5, 5.41) is 24.9. The highest BCUT2D eigenvalue weighted by atomic mass is 32.2. The zero-order chi connectivity index (χ0) is 40.7. The summed E-state index contributed by atoms with van der Waals surface area (Å²) in [5.41, 5.74) is 5.25. The van der Waals surface area contributed by atoms with Gasteiger partial charge in [0.05, 0.1) is 21.6 Å². The molecular formula is C44H45N3O8S2. The minimum Gasteiger partial charge on any atom is -0.478 e. The van der Waals surface area contributed by atoms with Crippen LogP contribution in [0.25, 0.3) is 0 Å². The maximum atomic E-state index is 13.9. The van der Waals surface area contributed by atoms with Gasteiger partial charge in [-0.15, -0.1) is 11.3 Å². The van der Waals surface area contributed by atoms with Crippen molar-refractivity contribution in [1.82, 2.24) is 4.31 Å². The van der Waals surface area contributed by atoms with Crippen LogP contribution >= 0.6 is 11.3 Å². The Labute approximate surface area is 336 Å². The van der Waals surface area contributed by atoms with E-state index in [1.165, 1.54) is 39.9 Å². The number of carboxylic acids is 2. The Kier molecular flexibility index (Phi) is 13.0. The van der Waals surface area contributed by atoms with Crippen LogP contribution in [0, 0.1) is 0 Å². The molecule has 0 saturated carbocycles. The zero-order valence-corrected chi connectivity index (χ0v) is 33.4. The summed E-state index contributed by atoms with van der Waals surface area (Å²) in [7, 11) is -4.03. The summed E-state index contributed by atoms with van der Waals surface area (Å²) < 4.78 is 29.3. The number of carbonyl (C=O) groups excluding carboxylic acids is 2. The number of hydrogen-bond donors (Lipinski definition) is 4. The Hall–Kier alpha value is -5.63. The maximum Gasteiger partial charge on any atom is 0.335 e. The zero-order valence-electron chi connectivity index (χ0n) is 31.8. The van der Waals surface area contributed by atoms with E-state index in [0.717, 1.165) is 60.1 Å². The first-order valence-corrected chi connectivity index (χ1v) is 21.3. The van der Waals surface area contributed by atoms with Crippen LogP contribution in [0.3, 0.4) is 0 Å². The molecule has 1 heterocycles. The SMILES string of the molecule is CCC(CC)N(Cc1cccc(C(=O)Nc2sc3c(c2C(=O)Nc2ccc(CCc4ccc(C(=O)O)cc4)cc2)CCCC3)c1)S(=O)(=O)c1ccc(C(=O)O)cc1. The van der Waals surface area contributed by atoms with E-state index in [1.807, 2.05) is 50.2 Å². The Morgan fingerprint density at radius 1 is 0.702 bits per heavy atom. The van der Waals surface area contributed by atoms with Crippen molar-refractivity contribution in [2.24, 2.45) is 0 Å². The average Bonchev–Trinajstić information content (AvgIpc) is 3.58. The normalized spacial score (nSPS) is 12.6. The molecule has 5 aromatic rings. The molecule has 0 radical (unpaired) electrons. The van der Waals surface area contributed by atoms with Crippen molar-refractivity contribution in [2.45, 2.75) is 82.7 Å². The second kappa shape index (κ2) is 18.1. The molecule has 0 unspecified atom stereocenters. The first kappa shape index (κ1) is 41.0. The molecule has 6 rings (SSSR count). The lowest BCUT2D eigenvalue weighted by Crippen LogP contribution is -2.39. The maximum absolute atomic E-state index is 13.9. The van der Waals surface area contributed by atoms with E-state index in [2.05, 4.69) is 10.6 Å². The summed E-state index contributed by atoms with van der Waals surface area (Å²) in [4.78, 5) is 51.4. The minimum atomic E-state index is -4.03. The topological polar surface area (TPSA) is 170 Å². The second-order valence-electron chi connectivity index (χ2n) is 14.1. The molecule has 2 amide bonds. The Morgan fingerprint density at radius 2 is 1.28 bits per heavy atom. The van der Waals surface area contributed by atoms with Crippen molar-refractivity contribution in [3.05, 3.63) is 146 Å². The van der Waals surface area contributed by atoms with Crippen LogP contribution in [-0.4, -0.2) is 52.7 Å². The van der Waals surface area contributed by atoms with Crippen LogP contribution in [0.2, 0.25) is 0 Å². The van der Waals surface area contributed by atoms with Crippen molar-refractivity contribution in [3.63, 3.8) is 0 Å². The predicted octanol–water partition coefficient (Wildman–Crippen LogP) is 8.69. The molecule has 1 aliphatic carbocycles. The van der Waals surface area contributed by atoms with Crippen LogP contribution in [0.4, 0.5) is 10.7 Å². The van der Waals surface area contributed by atoms with Crippen molar-refractivity contribution in [2.75, 3.05) is 10.6 Å². The van der Waals surface area contributed by atoms with Gasteiger partial charge in [0.25, 0.3) is 11.8 Å². The van der Waals surface area contributed by atoms with Crippen molar-refractivity contribution in [1.29, 1.82) is 0 Å². The van der Waals surface area contributed by atoms with Crippen molar-refractivity contribution < 1.29 is 37.8 Å². The molecule has 11 nitrogen and oxygen atoms in total. The number of benzene rings is 4. The highest BCUT2D eigenvalue weighted by Gasteiger charge is 2.31. The lowest BCUT2D eigenvalue weighted by molar-refractivity contribution is 0.0686. The number of carboxylic acid groups (broad SMARTS) is 2. The standard InChI is InChI=1S/C44H45N3O8S2/c1-3-35(4-2)47(57(54,55)36-24-20-32(21-25-36)44(52)53)27-30-8-7-9-33(26-30)40(48)46-42-39(37-10-5-6-11-38(37)56-42)41(49)45-34-22-16-29(17-23-34)13-12-28-14-18-31(19-15-28)43(50)51/h7-9,14-26,35H,3-6,10-13,27H2,1-2H3,(H,45,49)(H,46,48)(H,50,51)(H,52,53). The minimum absolute atomic E-state index is 0.00386. The number of thiophene rings is 1. The molecule has 13 heteroatoms. The van der Waals surface area contributed by atoms with E-state index in [4.69, 9.17) is 5.11 Å².